The smallest absolute Gasteiger partial charge is 0.331 e. The standard InChI is InChI=1S/C11H13NO7/c1-17-9(14)2-3-10(15)18-5-4-12-6-11(16)19-7-8(12)13/h2-3H,4-7H2,1H3/b3-2+. The fourth-order valence-electron chi connectivity index (χ4n) is 1.24. The number of carbonyl (C=O) groups excluding carboxylic acids is 4. The maximum Gasteiger partial charge on any atom is 0.331 e. The molecule has 19 heavy (non-hydrogen) atoms. The molecule has 1 heterocycles. The zero-order valence-corrected chi connectivity index (χ0v) is 10.3. The zero-order chi connectivity index (χ0) is 14.3. The number of cyclic esters (lactones) is 1. The van der Waals surface area contributed by atoms with E-state index in [-0.39, 0.29) is 32.2 Å². The summed E-state index contributed by atoms with van der Waals surface area (Å²) in [4.78, 5) is 45.3. The van der Waals surface area contributed by atoms with Crippen LogP contribution >= 0.6 is 0 Å². The molecular formula is C11H13NO7. The summed E-state index contributed by atoms with van der Waals surface area (Å²) in [7, 11) is 1.18. The van der Waals surface area contributed by atoms with E-state index < -0.39 is 17.9 Å². The average molecular weight is 271 g/mol. The predicted molar refractivity (Wildman–Crippen MR) is 59.7 cm³/mol. The highest BCUT2D eigenvalue weighted by molar-refractivity contribution is 5.91. The molecule has 0 aliphatic carbocycles. The summed E-state index contributed by atoms with van der Waals surface area (Å²) in [6.07, 6.45) is 1.84. The van der Waals surface area contributed by atoms with E-state index in [1.54, 1.807) is 0 Å². The molecule has 0 saturated carbocycles. The van der Waals surface area contributed by atoms with E-state index >= 15 is 0 Å². The van der Waals surface area contributed by atoms with E-state index in [1.807, 2.05) is 0 Å². The lowest BCUT2D eigenvalue weighted by Crippen LogP contribution is -2.45. The maximum absolute atomic E-state index is 11.3. The third-order valence-corrected chi connectivity index (χ3v) is 2.19. The molecule has 0 bridgehead atoms. The minimum absolute atomic E-state index is 0.0800. The lowest BCUT2D eigenvalue weighted by Gasteiger charge is -2.25. The van der Waals surface area contributed by atoms with Crippen molar-refractivity contribution < 1.29 is 33.4 Å². The summed E-state index contributed by atoms with van der Waals surface area (Å²) in [6.45, 7) is -0.446. The summed E-state index contributed by atoms with van der Waals surface area (Å²) in [5, 5.41) is 0. The Morgan fingerprint density at radius 2 is 2.00 bits per heavy atom. The number of rotatable bonds is 5. The van der Waals surface area contributed by atoms with E-state index in [2.05, 4.69) is 9.47 Å². The first-order valence-corrected chi connectivity index (χ1v) is 5.39. The fourth-order valence-corrected chi connectivity index (χ4v) is 1.24. The van der Waals surface area contributed by atoms with Crippen molar-refractivity contribution in [3.63, 3.8) is 0 Å². The van der Waals surface area contributed by atoms with Crippen molar-refractivity contribution in [2.24, 2.45) is 0 Å². The monoisotopic (exact) mass is 271 g/mol. The molecule has 0 aromatic rings. The average Bonchev–Trinajstić information content (AvgIpc) is 2.40. The van der Waals surface area contributed by atoms with Gasteiger partial charge < -0.3 is 19.1 Å². The highest BCUT2D eigenvalue weighted by atomic mass is 16.5. The number of amides is 1. The summed E-state index contributed by atoms with van der Waals surface area (Å²) < 4.78 is 13.6. The molecule has 0 atom stereocenters. The van der Waals surface area contributed by atoms with E-state index in [4.69, 9.17) is 4.74 Å². The van der Waals surface area contributed by atoms with E-state index in [9.17, 15) is 19.2 Å². The van der Waals surface area contributed by atoms with Gasteiger partial charge in [0.15, 0.2) is 6.61 Å². The van der Waals surface area contributed by atoms with Crippen molar-refractivity contribution >= 4 is 23.8 Å². The van der Waals surface area contributed by atoms with Crippen molar-refractivity contribution in [3.05, 3.63) is 12.2 Å². The Hall–Kier alpha value is -2.38. The summed E-state index contributed by atoms with van der Waals surface area (Å²) in [5.74, 6) is -2.26. The number of methoxy groups -OCH3 is 1. The normalized spacial score (nSPS) is 15.3. The molecule has 0 spiro atoms. The molecule has 0 N–H and O–H groups in total. The molecule has 8 nitrogen and oxygen atoms in total. The Morgan fingerprint density at radius 1 is 1.32 bits per heavy atom. The van der Waals surface area contributed by atoms with Gasteiger partial charge in [0.25, 0.3) is 5.91 Å². The third-order valence-electron chi connectivity index (χ3n) is 2.19. The van der Waals surface area contributed by atoms with Gasteiger partial charge in [-0.25, -0.2) is 9.59 Å². The molecule has 1 aliphatic rings. The van der Waals surface area contributed by atoms with Crippen LogP contribution in [0.1, 0.15) is 0 Å². The largest absolute Gasteiger partial charge is 0.466 e. The van der Waals surface area contributed by atoms with E-state index in [1.165, 1.54) is 12.0 Å². The van der Waals surface area contributed by atoms with Gasteiger partial charge in [0.2, 0.25) is 0 Å². The number of esters is 3. The topological polar surface area (TPSA) is 99.2 Å². The van der Waals surface area contributed by atoms with Crippen LogP contribution in [-0.2, 0) is 33.4 Å². The zero-order valence-electron chi connectivity index (χ0n) is 10.3. The SMILES string of the molecule is COC(=O)/C=C/C(=O)OCCN1CC(=O)OCC1=O. The molecule has 1 aliphatic heterocycles. The van der Waals surface area contributed by atoms with E-state index in [0.717, 1.165) is 12.2 Å². The number of hydrogen-bond donors (Lipinski definition) is 0. The van der Waals surface area contributed by atoms with Gasteiger partial charge in [-0.15, -0.1) is 0 Å². The van der Waals surface area contributed by atoms with Crippen molar-refractivity contribution in [2.75, 3.05) is 33.4 Å². The maximum atomic E-state index is 11.3. The highest BCUT2D eigenvalue weighted by Gasteiger charge is 2.24. The predicted octanol–water partition coefficient (Wildman–Crippen LogP) is -1.36. The van der Waals surface area contributed by atoms with Crippen LogP contribution in [0.4, 0.5) is 0 Å². The first-order valence-electron chi connectivity index (χ1n) is 5.39. The molecule has 0 unspecified atom stereocenters. The number of morpholine rings is 1. The van der Waals surface area contributed by atoms with E-state index in [0.29, 0.717) is 0 Å². The molecule has 0 radical (unpaired) electrons. The second-order valence-electron chi connectivity index (χ2n) is 3.50. The van der Waals surface area contributed by atoms with Crippen molar-refractivity contribution in [2.45, 2.75) is 0 Å². The minimum atomic E-state index is -0.738. The second kappa shape index (κ2) is 7.14. The lowest BCUT2D eigenvalue weighted by atomic mass is 10.4. The Kier molecular flexibility index (Phi) is 5.52. The van der Waals surface area contributed by atoms with Gasteiger partial charge in [-0.2, -0.15) is 0 Å². The Labute approximate surface area is 108 Å². The Balaban J connectivity index is 2.27. The van der Waals surface area contributed by atoms with Gasteiger partial charge in [0.05, 0.1) is 13.7 Å². The quantitative estimate of drug-likeness (QED) is 0.346. The first-order chi connectivity index (χ1) is 9.02. The van der Waals surface area contributed by atoms with Crippen LogP contribution < -0.4 is 0 Å². The summed E-state index contributed by atoms with van der Waals surface area (Å²) in [6, 6.07) is 0. The molecule has 8 heteroatoms. The molecule has 0 aromatic heterocycles. The molecule has 1 saturated heterocycles. The van der Waals surface area contributed by atoms with Crippen molar-refractivity contribution in [1.29, 1.82) is 0 Å². The van der Waals surface area contributed by atoms with Crippen molar-refractivity contribution in [1.82, 2.24) is 4.90 Å². The molecular weight excluding hydrogens is 258 g/mol. The molecule has 1 amide bonds. The minimum Gasteiger partial charge on any atom is -0.466 e. The number of ether oxygens (including phenoxy) is 3. The number of nitrogens with zero attached hydrogens (tertiary/aromatic N) is 1. The van der Waals surface area contributed by atoms with Gasteiger partial charge in [0.1, 0.15) is 13.2 Å². The number of carbonyl (C=O) groups is 4. The highest BCUT2D eigenvalue weighted by Crippen LogP contribution is 2.00. The number of hydrogen-bond acceptors (Lipinski definition) is 7. The summed E-state index contributed by atoms with van der Waals surface area (Å²) in [5.41, 5.74) is 0. The second-order valence-corrected chi connectivity index (χ2v) is 3.50. The summed E-state index contributed by atoms with van der Waals surface area (Å²) >= 11 is 0. The van der Waals surface area contributed by atoms with Gasteiger partial charge in [0, 0.05) is 12.2 Å². The van der Waals surface area contributed by atoms with Crippen LogP contribution in [0, 0.1) is 0 Å². The molecule has 1 fully saturated rings. The third kappa shape index (κ3) is 5.19. The van der Waals surface area contributed by atoms with Gasteiger partial charge in [-0.1, -0.05) is 0 Å². The first kappa shape index (κ1) is 14.7. The van der Waals surface area contributed by atoms with Crippen LogP contribution in [0.15, 0.2) is 12.2 Å². The van der Waals surface area contributed by atoms with Gasteiger partial charge in [-0.05, 0) is 0 Å². The molecule has 0 aromatic carbocycles. The van der Waals surface area contributed by atoms with Crippen LogP contribution in [0.2, 0.25) is 0 Å². The Morgan fingerprint density at radius 3 is 2.68 bits per heavy atom. The van der Waals surface area contributed by atoms with Gasteiger partial charge >= 0.3 is 17.9 Å². The van der Waals surface area contributed by atoms with Gasteiger partial charge in [-0.3, -0.25) is 9.59 Å². The molecule has 1 rings (SSSR count). The molecule has 104 valence electrons. The van der Waals surface area contributed by atoms with Crippen LogP contribution in [0.5, 0.6) is 0 Å². The fraction of sp³-hybridized carbons (Fsp3) is 0.455. The lowest BCUT2D eigenvalue weighted by molar-refractivity contribution is -0.163. The van der Waals surface area contributed by atoms with Crippen molar-refractivity contribution in [3.8, 4) is 0 Å². The van der Waals surface area contributed by atoms with Crippen LogP contribution in [0.3, 0.4) is 0 Å². The Bertz CT molecular complexity index is 415. The van der Waals surface area contributed by atoms with Crippen LogP contribution in [-0.4, -0.2) is 62.1 Å². The van der Waals surface area contributed by atoms with Crippen LogP contribution in [0.25, 0.3) is 0 Å².